The van der Waals surface area contributed by atoms with Crippen LogP contribution in [0.15, 0.2) is 35.6 Å². The molecule has 2 aromatic heterocycles. The van der Waals surface area contributed by atoms with Gasteiger partial charge in [0.25, 0.3) is 0 Å². The molecule has 1 aliphatic rings. The van der Waals surface area contributed by atoms with Gasteiger partial charge >= 0.3 is 0 Å². The molecule has 0 saturated carbocycles. The predicted octanol–water partition coefficient (Wildman–Crippen LogP) is 5.83. The standard InChI is InChI=1S/C23H26N2O2S2/c1-23(2,3)15-8-9-17-19(11-15)29-22-20(17)21(24-13-25-22)28-12-18(26)14-6-5-7-16(10-14)27-4/h5-7,10,13,15H,8-9,11-12H2,1-4H3/t15-/m0/s1. The van der Waals surface area contributed by atoms with Crippen LogP contribution in [0, 0.1) is 11.3 Å². The van der Waals surface area contributed by atoms with Crippen LogP contribution in [0.5, 0.6) is 5.75 Å². The Bertz CT molecular complexity index is 1050. The van der Waals surface area contributed by atoms with Gasteiger partial charge in [0.15, 0.2) is 5.78 Å². The first kappa shape index (κ1) is 20.4. The Morgan fingerprint density at radius 1 is 1.31 bits per heavy atom. The highest BCUT2D eigenvalue weighted by atomic mass is 32.2. The van der Waals surface area contributed by atoms with Gasteiger partial charge in [-0.05, 0) is 48.3 Å². The predicted molar refractivity (Wildman–Crippen MR) is 120 cm³/mol. The number of ketones is 1. The van der Waals surface area contributed by atoms with E-state index >= 15 is 0 Å². The van der Waals surface area contributed by atoms with Crippen molar-refractivity contribution in [2.24, 2.45) is 11.3 Å². The third-order valence-electron chi connectivity index (χ3n) is 5.77. The Balaban J connectivity index is 1.57. The number of fused-ring (bicyclic) bond motifs is 3. The van der Waals surface area contributed by atoms with E-state index in [1.54, 1.807) is 30.8 Å². The van der Waals surface area contributed by atoms with Crippen LogP contribution in [0.25, 0.3) is 10.2 Å². The van der Waals surface area contributed by atoms with Crippen molar-refractivity contribution in [2.45, 2.75) is 45.1 Å². The van der Waals surface area contributed by atoms with Crippen molar-refractivity contribution in [1.29, 1.82) is 0 Å². The maximum absolute atomic E-state index is 12.7. The Morgan fingerprint density at radius 2 is 2.14 bits per heavy atom. The van der Waals surface area contributed by atoms with Gasteiger partial charge in [-0.15, -0.1) is 11.3 Å². The fourth-order valence-corrected chi connectivity index (χ4v) is 6.20. The van der Waals surface area contributed by atoms with E-state index in [4.69, 9.17) is 4.74 Å². The number of methoxy groups -OCH3 is 1. The van der Waals surface area contributed by atoms with E-state index in [0.29, 0.717) is 28.4 Å². The summed E-state index contributed by atoms with van der Waals surface area (Å²) in [6.45, 7) is 7.00. The van der Waals surface area contributed by atoms with Gasteiger partial charge in [-0.25, -0.2) is 9.97 Å². The zero-order valence-corrected chi connectivity index (χ0v) is 19.0. The molecule has 1 aromatic carbocycles. The summed E-state index contributed by atoms with van der Waals surface area (Å²) in [5.41, 5.74) is 2.39. The second-order valence-electron chi connectivity index (χ2n) is 8.61. The van der Waals surface area contributed by atoms with Crippen LogP contribution in [0.1, 0.15) is 48.0 Å². The van der Waals surface area contributed by atoms with E-state index in [-0.39, 0.29) is 5.78 Å². The number of aryl methyl sites for hydroxylation is 1. The Labute approximate surface area is 180 Å². The summed E-state index contributed by atoms with van der Waals surface area (Å²) in [6, 6.07) is 7.32. The van der Waals surface area contributed by atoms with Gasteiger partial charge in [-0.1, -0.05) is 44.7 Å². The average molecular weight is 427 g/mol. The number of aromatic nitrogens is 2. The molecule has 6 heteroatoms. The minimum Gasteiger partial charge on any atom is -0.497 e. The van der Waals surface area contributed by atoms with Crippen molar-refractivity contribution >= 4 is 39.1 Å². The first-order chi connectivity index (χ1) is 13.9. The molecule has 0 amide bonds. The molecule has 0 spiro atoms. The molecule has 2 heterocycles. The fourth-order valence-electron chi connectivity index (χ4n) is 3.94. The van der Waals surface area contributed by atoms with E-state index in [0.717, 1.165) is 22.7 Å². The minimum absolute atomic E-state index is 0.0811. The molecule has 0 N–H and O–H groups in total. The number of nitrogens with zero attached hydrogens (tertiary/aromatic N) is 2. The van der Waals surface area contributed by atoms with Gasteiger partial charge < -0.3 is 4.74 Å². The smallest absolute Gasteiger partial charge is 0.173 e. The van der Waals surface area contributed by atoms with E-state index in [2.05, 4.69) is 30.7 Å². The number of carbonyl (C=O) groups is 1. The van der Waals surface area contributed by atoms with Gasteiger partial charge in [0.1, 0.15) is 21.9 Å². The number of thioether (sulfide) groups is 1. The van der Waals surface area contributed by atoms with E-state index in [1.807, 2.05) is 18.2 Å². The van der Waals surface area contributed by atoms with E-state index < -0.39 is 0 Å². The molecule has 29 heavy (non-hydrogen) atoms. The lowest BCUT2D eigenvalue weighted by Crippen LogP contribution is -2.26. The Hall–Kier alpha value is -1.92. The van der Waals surface area contributed by atoms with E-state index in [1.165, 1.54) is 34.0 Å². The van der Waals surface area contributed by atoms with Crippen LogP contribution in [0.3, 0.4) is 0 Å². The summed E-state index contributed by atoms with van der Waals surface area (Å²) >= 11 is 3.32. The number of rotatable bonds is 5. The molecule has 152 valence electrons. The second-order valence-corrected chi connectivity index (χ2v) is 10.7. The largest absolute Gasteiger partial charge is 0.497 e. The lowest BCUT2D eigenvalue weighted by Gasteiger charge is -2.33. The van der Waals surface area contributed by atoms with Crippen LogP contribution in [0.2, 0.25) is 0 Å². The quantitative estimate of drug-likeness (QED) is 0.292. The van der Waals surface area contributed by atoms with Gasteiger partial charge in [0.2, 0.25) is 0 Å². The summed E-state index contributed by atoms with van der Waals surface area (Å²) < 4.78 is 5.23. The second kappa shape index (κ2) is 8.07. The monoisotopic (exact) mass is 426 g/mol. The molecular formula is C23H26N2O2S2. The molecule has 0 fully saturated rings. The number of hydrogen-bond donors (Lipinski definition) is 0. The normalized spacial score (nSPS) is 16.6. The SMILES string of the molecule is COc1cccc(C(=O)CSc2ncnc3sc4c(c23)CC[C@H](C(C)(C)C)C4)c1. The van der Waals surface area contributed by atoms with Crippen molar-refractivity contribution in [3.8, 4) is 5.75 Å². The van der Waals surface area contributed by atoms with Crippen LogP contribution in [-0.4, -0.2) is 28.6 Å². The van der Waals surface area contributed by atoms with Gasteiger partial charge in [-0.3, -0.25) is 4.79 Å². The lowest BCUT2D eigenvalue weighted by molar-refractivity contribution is 0.102. The molecule has 3 aromatic rings. The maximum Gasteiger partial charge on any atom is 0.173 e. The summed E-state index contributed by atoms with van der Waals surface area (Å²) in [5.74, 6) is 1.83. The van der Waals surface area contributed by atoms with Crippen molar-refractivity contribution in [2.75, 3.05) is 12.9 Å². The van der Waals surface area contributed by atoms with Crippen LogP contribution in [0.4, 0.5) is 0 Å². The molecule has 1 aliphatic carbocycles. The highest BCUT2D eigenvalue weighted by molar-refractivity contribution is 8.00. The highest BCUT2D eigenvalue weighted by Gasteiger charge is 2.31. The number of hydrogen-bond acceptors (Lipinski definition) is 6. The van der Waals surface area contributed by atoms with Crippen molar-refractivity contribution in [3.63, 3.8) is 0 Å². The van der Waals surface area contributed by atoms with Gasteiger partial charge in [0, 0.05) is 15.8 Å². The van der Waals surface area contributed by atoms with Crippen molar-refractivity contribution in [1.82, 2.24) is 9.97 Å². The number of carbonyl (C=O) groups excluding carboxylic acids is 1. The van der Waals surface area contributed by atoms with Gasteiger partial charge in [-0.2, -0.15) is 0 Å². The molecule has 0 bridgehead atoms. The fraction of sp³-hybridized carbons (Fsp3) is 0.435. The van der Waals surface area contributed by atoms with Crippen LogP contribution in [-0.2, 0) is 12.8 Å². The third-order valence-corrected chi connectivity index (χ3v) is 7.92. The molecular weight excluding hydrogens is 400 g/mol. The summed E-state index contributed by atoms with van der Waals surface area (Å²) in [4.78, 5) is 24.3. The topological polar surface area (TPSA) is 52.1 Å². The first-order valence-electron chi connectivity index (χ1n) is 9.92. The molecule has 4 nitrogen and oxygen atoms in total. The molecule has 0 unspecified atom stereocenters. The first-order valence-corrected chi connectivity index (χ1v) is 11.7. The summed E-state index contributed by atoms with van der Waals surface area (Å²) in [6.07, 6.45) is 5.02. The average Bonchev–Trinajstić information content (AvgIpc) is 3.09. The number of ether oxygens (including phenoxy) is 1. The number of Topliss-reactive ketones (excluding diaryl/α,β-unsaturated/α-hetero) is 1. The highest BCUT2D eigenvalue weighted by Crippen LogP contribution is 2.44. The minimum atomic E-state index is 0.0811. The van der Waals surface area contributed by atoms with Crippen LogP contribution >= 0.6 is 23.1 Å². The molecule has 0 saturated heterocycles. The van der Waals surface area contributed by atoms with E-state index in [9.17, 15) is 4.79 Å². The van der Waals surface area contributed by atoms with Gasteiger partial charge in [0.05, 0.1) is 12.9 Å². The third kappa shape index (κ3) is 4.19. The lowest BCUT2D eigenvalue weighted by atomic mass is 9.72. The van der Waals surface area contributed by atoms with Crippen molar-refractivity contribution < 1.29 is 9.53 Å². The Morgan fingerprint density at radius 3 is 2.90 bits per heavy atom. The molecule has 4 rings (SSSR count). The Kier molecular flexibility index (Phi) is 5.67. The summed E-state index contributed by atoms with van der Waals surface area (Å²) in [5, 5.41) is 2.10. The summed E-state index contributed by atoms with van der Waals surface area (Å²) in [7, 11) is 1.61. The zero-order chi connectivity index (χ0) is 20.6. The number of thiophene rings is 1. The maximum atomic E-state index is 12.7. The van der Waals surface area contributed by atoms with Crippen LogP contribution < -0.4 is 4.74 Å². The molecule has 0 radical (unpaired) electrons. The number of benzene rings is 1. The molecule has 0 aliphatic heterocycles. The van der Waals surface area contributed by atoms with Crippen molar-refractivity contribution in [3.05, 3.63) is 46.6 Å². The zero-order valence-electron chi connectivity index (χ0n) is 17.3. The molecule has 1 atom stereocenters.